The van der Waals surface area contributed by atoms with Crippen LogP contribution >= 0.6 is 11.8 Å². The van der Waals surface area contributed by atoms with Crippen LogP contribution in [0.2, 0.25) is 0 Å². The number of carbonyl (C=O) groups excluding carboxylic acids is 1. The Labute approximate surface area is 186 Å². The lowest BCUT2D eigenvalue weighted by atomic mass is 10.1. The van der Waals surface area contributed by atoms with Crippen molar-refractivity contribution in [2.45, 2.75) is 48.0 Å². The third-order valence-corrected chi connectivity index (χ3v) is 8.42. The molecule has 1 aromatic carbocycles. The number of nitrogens with one attached hydrogen (secondary N) is 1. The summed E-state index contributed by atoms with van der Waals surface area (Å²) in [6.07, 6.45) is 3.53. The molecular formula is C21H25N5O3S2. The smallest absolute Gasteiger partial charge is 0.244 e. The van der Waals surface area contributed by atoms with Crippen LogP contribution in [0.25, 0.3) is 5.65 Å². The van der Waals surface area contributed by atoms with E-state index in [9.17, 15) is 13.2 Å². The van der Waals surface area contributed by atoms with E-state index < -0.39 is 15.3 Å². The summed E-state index contributed by atoms with van der Waals surface area (Å²) in [7, 11) is -3.62. The van der Waals surface area contributed by atoms with E-state index in [1.165, 1.54) is 22.3 Å². The highest BCUT2D eigenvalue weighted by atomic mass is 32.2. The van der Waals surface area contributed by atoms with Gasteiger partial charge in [-0.2, -0.15) is 4.31 Å². The molecule has 3 aromatic rings. The second kappa shape index (κ2) is 8.97. The van der Waals surface area contributed by atoms with Crippen LogP contribution in [0.3, 0.4) is 0 Å². The molecule has 0 radical (unpaired) electrons. The van der Waals surface area contributed by atoms with Crippen LogP contribution in [0.5, 0.6) is 0 Å². The second-order valence-electron chi connectivity index (χ2n) is 7.36. The Morgan fingerprint density at radius 3 is 2.52 bits per heavy atom. The highest BCUT2D eigenvalue weighted by Gasteiger charge is 2.30. The van der Waals surface area contributed by atoms with Crippen molar-refractivity contribution in [1.29, 1.82) is 0 Å². The SMILES string of the molecule is CCN(CC)S(=O)(=O)c1ccc2nnc(S[C@H](C(=O)NC3CC3)c3ccccc3)n2c1. The molecule has 0 saturated heterocycles. The van der Waals surface area contributed by atoms with Crippen molar-refractivity contribution in [3.05, 3.63) is 54.2 Å². The molecule has 164 valence electrons. The molecule has 1 aliphatic rings. The molecule has 1 aliphatic carbocycles. The van der Waals surface area contributed by atoms with Gasteiger partial charge in [-0.05, 0) is 30.5 Å². The Morgan fingerprint density at radius 2 is 1.87 bits per heavy atom. The number of rotatable bonds is 9. The van der Waals surface area contributed by atoms with Crippen molar-refractivity contribution in [2.24, 2.45) is 0 Å². The fourth-order valence-electron chi connectivity index (χ4n) is 3.31. The van der Waals surface area contributed by atoms with Crippen molar-refractivity contribution < 1.29 is 13.2 Å². The lowest BCUT2D eigenvalue weighted by molar-refractivity contribution is -0.120. The molecule has 1 atom stereocenters. The fourth-order valence-corrected chi connectivity index (χ4v) is 5.79. The van der Waals surface area contributed by atoms with E-state index in [1.807, 2.05) is 44.2 Å². The lowest BCUT2D eigenvalue weighted by Crippen LogP contribution is -2.30. The van der Waals surface area contributed by atoms with Gasteiger partial charge in [-0.3, -0.25) is 9.20 Å². The third kappa shape index (κ3) is 4.60. The van der Waals surface area contributed by atoms with Crippen LogP contribution < -0.4 is 5.32 Å². The average Bonchev–Trinajstić information content (AvgIpc) is 3.50. The summed E-state index contributed by atoms with van der Waals surface area (Å²) in [5.41, 5.74) is 1.38. The zero-order chi connectivity index (χ0) is 22.0. The van der Waals surface area contributed by atoms with Crippen molar-refractivity contribution in [3.63, 3.8) is 0 Å². The van der Waals surface area contributed by atoms with E-state index in [0.29, 0.717) is 23.9 Å². The number of carbonyl (C=O) groups is 1. The van der Waals surface area contributed by atoms with Crippen LogP contribution in [0.4, 0.5) is 0 Å². The van der Waals surface area contributed by atoms with Crippen molar-refractivity contribution in [2.75, 3.05) is 13.1 Å². The number of benzene rings is 1. The number of sulfonamides is 1. The zero-order valence-corrected chi connectivity index (χ0v) is 19.1. The van der Waals surface area contributed by atoms with Gasteiger partial charge in [0, 0.05) is 25.3 Å². The molecule has 2 aromatic heterocycles. The summed E-state index contributed by atoms with van der Waals surface area (Å²) >= 11 is 1.26. The average molecular weight is 460 g/mol. The maximum Gasteiger partial charge on any atom is 0.244 e. The fraction of sp³-hybridized carbons (Fsp3) is 0.381. The van der Waals surface area contributed by atoms with Crippen LogP contribution in [0, 0.1) is 0 Å². The predicted octanol–water partition coefficient (Wildman–Crippen LogP) is 2.87. The largest absolute Gasteiger partial charge is 0.352 e. The molecule has 0 spiro atoms. The van der Waals surface area contributed by atoms with Crippen LogP contribution in [0.1, 0.15) is 37.5 Å². The molecule has 1 amide bonds. The monoisotopic (exact) mass is 459 g/mol. The number of pyridine rings is 1. The Balaban J connectivity index is 1.70. The minimum atomic E-state index is -3.62. The first-order valence-electron chi connectivity index (χ1n) is 10.3. The molecule has 31 heavy (non-hydrogen) atoms. The van der Waals surface area contributed by atoms with E-state index in [2.05, 4.69) is 15.5 Å². The van der Waals surface area contributed by atoms with Crippen LogP contribution in [0.15, 0.2) is 58.7 Å². The van der Waals surface area contributed by atoms with E-state index in [1.54, 1.807) is 16.5 Å². The molecule has 1 fully saturated rings. The minimum Gasteiger partial charge on any atom is -0.352 e. The number of hydrogen-bond acceptors (Lipinski definition) is 6. The normalized spacial score (nSPS) is 15.3. The van der Waals surface area contributed by atoms with Gasteiger partial charge in [0.15, 0.2) is 10.8 Å². The highest BCUT2D eigenvalue weighted by Crippen LogP contribution is 2.36. The molecular weight excluding hydrogens is 434 g/mol. The van der Waals surface area contributed by atoms with E-state index >= 15 is 0 Å². The molecule has 1 saturated carbocycles. The Kier molecular flexibility index (Phi) is 6.31. The first-order chi connectivity index (χ1) is 14.9. The van der Waals surface area contributed by atoms with Gasteiger partial charge in [0.05, 0.1) is 4.90 Å². The molecule has 2 heterocycles. The third-order valence-electron chi connectivity index (χ3n) is 5.17. The number of hydrogen-bond donors (Lipinski definition) is 1. The van der Waals surface area contributed by atoms with Gasteiger partial charge < -0.3 is 5.32 Å². The number of aromatic nitrogens is 3. The predicted molar refractivity (Wildman–Crippen MR) is 119 cm³/mol. The van der Waals surface area contributed by atoms with Gasteiger partial charge in [0.2, 0.25) is 15.9 Å². The van der Waals surface area contributed by atoms with Crippen molar-refractivity contribution in [1.82, 2.24) is 24.2 Å². The Hall–Kier alpha value is -2.43. The zero-order valence-electron chi connectivity index (χ0n) is 17.4. The van der Waals surface area contributed by atoms with Gasteiger partial charge >= 0.3 is 0 Å². The maximum absolute atomic E-state index is 13.0. The van der Waals surface area contributed by atoms with Crippen LogP contribution in [-0.2, 0) is 14.8 Å². The molecule has 10 heteroatoms. The number of nitrogens with zero attached hydrogens (tertiary/aromatic N) is 4. The Morgan fingerprint density at radius 1 is 1.16 bits per heavy atom. The molecule has 0 aliphatic heterocycles. The van der Waals surface area contributed by atoms with Crippen molar-refractivity contribution in [3.8, 4) is 0 Å². The van der Waals surface area contributed by atoms with Crippen LogP contribution in [-0.4, -0.2) is 52.4 Å². The topological polar surface area (TPSA) is 96.7 Å². The summed E-state index contributed by atoms with van der Waals surface area (Å²) in [6.45, 7) is 4.39. The summed E-state index contributed by atoms with van der Waals surface area (Å²) in [6, 6.07) is 12.9. The number of amides is 1. The summed E-state index contributed by atoms with van der Waals surface area (Å²) in [4.78, 5) is 13.1. The number of thioether (sulfide) groups is 1. The number of fused-ring (bicyclic) bond motifs is 1. The molecule has 1 N–H and O–H groups in total. The van der Waals surface area contributed by atoms with Gasteiger partial charge in [0.25, 0.3) is 0 Å². The van der Waals surface area contributed by atoms with E-state index in [-0.39, 0.29) is 16.8 Å². The summed E-state index contributed by atoms with van der Waals surface area (Å²) in [5.74, 6) is -0.0811. The quantitative estimate of drug-likeness (QED) is 0.494. The van der Waals surface area contributed by atoms with Gasteiger partial charge in [-0.1, -0.05) is 55.9 Å². The molecule has 0 bridgehead atoms. The summed E-state index contributed by atoms with van der Waals surface area (Å²) < 4.78 is 28.9. The summed E-state index contributed by atoms with van der Waals surface area (Å²) in [5, 5.41) is 11.4. The van der Waals surface area contributed by atoms with Crippen molar-refractivity contribution >= 4 is 33.3 Å². The van der Waals surface area contributed by atoms with E-state index in [4.69, 9.17) is 0 Å². The van der Waals surface area contributed by atoms with E-state index in [0.717, 1.165) is 18.4 Å². The first-order valence-corrected chi connectivity index (χ1v) is 12.6. The minimum absolute atomic E-state index is 0.0811. The lowest BCUT2D eigenvalue weighted by Gasteiger charge is -2.18. The first kappa shape index (κ1) is 21.8. The van der Waals surface area contributed by atoms with Gasteiger partial charge in [0.1, 0.15) is 5.25 Å². The Bertz CT molecular complexity index is 1170. The second-order valence-corrected chi connectivity index (χ2v) is 10.4. The highest BCUT2D eigenvalue weighted by molar-refractivity contribution is 8.00. The molecule has 4 rings (SSSR count). The maximum atomic E-state index is 13.0. The van der Waals surface area contributed by atoms with Gasteiger partial charge in [-0.25, -0.2) is 8.42 Å². The standard InChI is InChI=1S/C21H25N5O3S2/c1-3-25(4-2)31(28,29)17-12-13-18-23-24-21(26(18)14-17)30-19(15-8-6-5-7-9-15)20(27)22-16-10-11-16/h5-9,12-14,16,19H,3-4,10-11H2,1-2H3,(H,22,27)/t19-/m0/s1. The molecule has 0 unspecified atom stereocenters. The molecule has 8 nitrogen and oxygen atoms in total. The van der Waals surface area contributed by atoms with Gasteiger partial charge in [-0.15, -0.1) is 10.2 Å².